The predicted molar refractivity (Wildman–Crippen MR) is 102 cm³/mol. The Balaban J connectivity index is 2.13. The molecule has 6 nitrogen and oxygen atoms in total. The minimum atomic E-state index is -0.582. The Labute approximate surface area is 160 Å². The van der Waals surface area contributed by atoms with Crippen molar-refractivity contribution in [2.45, 2.75) is 13.0 Å². The summed E-state index contributed by atoms with van der Waals surface area (Å²) in [6, 6.07) is 7.79. The Morgan fingerprint density at radius 1 is 1.07 bits per heavy atom. The summed E-state index contributed by atoms with van der Waals surface area (Å²) >= 11 is 3.32. The number of carbonyl (C=O) groups excluding carboxylic acids is 1. The highest BCUT2D eigenvalue weighted by atomic mass is 79.9. The van der Waals surface area contributed by atoms with Gasteiger partial charge in [-0.05, 0) is 30.7 Å². The Kier molecular flexibility index (Phi) is 4.15. The molecule has 1 aliphatic carbocycles. The molecule has 8 heteroatoms. The molecule has 0 amide bonds. The number of ketones is 1. The molecular formula is C19H12BrFN2O4. The molecular weight excluding hydrogens is 419 g/mol. The van der Waals surface area contributed by atoms with Crippen molar-refractivity contribution >= 4 is 38.2 Å². The molecule has 136 valence electrons. The van der Waals surface area contributed by atoms with Crippen LogP contribution in [0.3, 0.4) is 0 Å². The average molecular weight is 431 g/mol. The van der Waals surface area contributed by atoms with Crippen LogP contribution in [0.15, 0.2) is 41.2 Å². The molecule has 0 saturated carbocycles. The zero-order chi connectivity index (χ0) is 19.3. The standard InChI is InChI=1S/C19H12BrFN2O4/c20-6-1-7-22-17-13-4-2-10(21)8-14(13)18(24)16(17)12-5-3-11(23(26)27)9-15(12)19(22)25/h2-5,8-9H,1,6-7H2. The van der Waals surface area contributed by atoms with Crippen LogP contribution >= 0.6 is 15.9 Å². The number of nitro groups is 1. The molecule has 2 aromatic carbocycles. The molecule has 0 unspecified atom stereocenters. The zero-order valence-corrected chi connectivity index (χ0v) is 15.5. The molecule has 0 bridgehead atoms. The van der Waals surface area contributed by atoms with Gasteiger partial charge in [-0.2, -0.15) is 0 Å². The van der Waals surface area contributed by atoms with E-state index in [-0.39, 0.29) is 28.0 Å². The van der Waals surface area contributed by atoms with E-state index in [1.165, 1.54) is 34.9 Å². The maximum atomic E-state index is 13.7. The number of aromatic nitrogens is 1. The molecule has 0 saturated heterocycles. The smallest absolute Gasteiger partial charge is 0.270 e. The van der Waals surface area contributed by atoms with Gasteiger partial charge in [0.2, 0.25) is 0 Å². The minimum absolute atomic E-state index is 0.110. The van der Waals surface area contributed by atoms with Gasteiger partial charge < -0.3 is 4.57 Å². The van der Waals surface area contributed by atoms with Gasteiger partial charge in [0.1, 0.15) is 5.82 Å². The van der Waals surface area contributed by atoms with E-state index >= 15 is 0 Å². The van der Waals surface area contributed by atoms with E-state index in [0.717, 1.165) is 6.07 Å². The number of pyridine rings is 1. The molecule has 27 heavy (non-hydrogen) atoms. The van der Waals surface area contributed by atoms with E-state index in [0.29, 0.717) is 34.9 Å². The van der Waals surface area contributed by atoms with Gasteiger partial charge in [-0.25, -0.2) is 4.39 Å². The topological polar surface area (TPSA) is 82.2 Å². The van der Waals surface area contributed by atoms with E-state index < -0.39 is 16.3 Å². The Morgan fingerprint density at radius 3 is 2.56 bits per heavy atom. The van der Waals surface area contributed by atoms with Crippen molar-refractivity contribution in [3.63, 3.8) is 0 Å². The van der Waals surface area contributed by atoms with Gasteiger partial charge in [0, 0.05) is 40.5 Å². The largest absolute Gasteiger partial charge is 0.307 e. The van der Waals surface area contributed by atoms with Crippen molar-refractivity contribution < 1.29 is 14.1 Å². The summed E-state index contributed by atoms with van der Waals surface area (Å²) in [5.74, 6) is -0.921. The molecule has 0 spiro atoms. The third-order valence-electron chi connectivity index (χ3n) is 4.69. The number of non-ortho nitro benzene ring substituents is 1. The van der Waals surface area contributed by atoms with Crippen molar-refractivity contribution in [1.29, 1.82) is 0 Å². The van der Waals surface area contributed by atoms with Gasteiger partial charge in [-0.1, -0.05) is 15.9 Å². The average Bonchev–Trinajstić information content (AvgIpc) is 2.93. The first kappa shape index (κ1) is 17.5. The number of alkyl halides is 1. The SMILES string of the molecule is O=C1c2cc(F)ccc2-c2c1c1ccc([N+](=O)[O-])cc1c(=O)n2CCCBr. The third-order valence-corrected chi connectivity index (χ3v) is 5.25. The zero-order valence-electron chi connectivity index (χ0n) is 13.9. The number of benzene rings is 2. The van der Waals surface area contributed by atoms with Gasteiger partial charge in [0.25, 0.3) is 11.2 Å². The van der Waals surface area contributed by atoms with E-state index in [1.54, 1.807) is 0 Å². The number of nitrogens with zero attached hydrogens (tertiary/aromatic N) is 2. The predicted octanol–water partition coefficient (Wildman–Crippen LogP) is 4.05. The van der Waals surface area contributed by atoms with Crippen molar-refractivity contribution in [2.75, 3.05) is 5.33 Å². The van der Waals surface area contributed by atoms with E-state index in [9.17, 15) is 24.1 Å². The fraction of sp³-hybridized carbons (Fsp3) is 0.158. The van der Waals surface area contributed by atoms with Crippen molar-refractivity contribution in [3.8, 4) is 11.3 Å². The maximum Gasteiger partial charge on any atom is 0.270 e. The molecule has 0 aliphatic heterocycles. The summed E-state index contributed by atoms with van der Waals surface area (Å²) in [4.78, 5) is 36.6. The molecule has 1 heterocycles. The second kappa shape index (κ2) is 6.38. The normalized spacial score (nSPS) is 12.3. The van der Waals surface area contributed by atoms with Gasteiger partial charge in [0.15, 0.2) is 5.78 Å². The van der Waals surface area contributed by atoms with Crippen LogP contribution < -0.4 is 5.56 Å². The van der Waals surface area contributed by atoms with Gasteiger partial charge in [-0.15, -0.1) is 0 Å². The highest BCUT2D eigenvalue weighted by Crippen LogP contribution is 2.40. The van der Waals surface area contributed by atoms with E-state index in [1.807, 2.05) is 0 Å². The number of carbonyl (C=O) groups is 1. The van der Waals surface area contributed by atoms with Gasteiger partial charge >= 0.3 is 0 Å². The molecule has 0 radical (unpaired) electrons. The lowest BCUT2D eigenvalue weighted by molar-refractivity contribution is -0.384. The van der Waals surface area contributed by atoms with Crippen molar-refractivity contribution in [3.05, 3.63) is 73.8 Å². The molecule has 1 aromatic heterocycles. The summed E-state index contributed by atoms with van der Waals surface area (Å²) < 4.78 is 15.2. The minimum Gasteiger partial charge on any atom is -0.307 e. The molecule has 0 N–H and O–H groups in total. The highest BCUT2D eigenvalue weighted by Gasteiger charge is 2.33. The van der Waals surface area contributed by atoms with Crippen LogP contribution in [0.2, 0.25) is 0 Å². The van der Waals surface area contributed by atoms with E-state index in [4.69, 9.17) is 0 Å². The Hall–Kier alpha value is -2.87. The first-order chi connectivity index (χ1) is 12.9. The fourth-order valence-corrected chi connectivity index (χ4v) is 3.79. The second-order valence-electron chi connectivity index (χ2n) is 6.23. The quantitative estimate of drug-likeness (QED) is 0.277. The molecule has 4 rings (SSSR count). The highest BCUT2D eigenvalue weighted by molar-refractivity contribution is 9.09. The number of hydrogen-bond donors (Lipinski definition) is 0. The van der Waals surface area contributed by atoms with E-state index in [2.05, 4.69) is 15.9 Å². The number of halogens is 2. The summed E-state index contributed by atoms with van der Waals surface area (Å²) in [7, 11) is 0. The summed E-state index contributed by atoms with van der Waals surface area (Å²) in [6.07, 6.45) is 0.623. The monoisotopic (exact) mass is 430 g/mol. The Morgan fingerprint density at radius 2 is 1.85 bits per heavy atom. The third kappa shape index (κ3) is 2.59. The van der Waals surface area contributed by atoms with Crippen molar-refractivity contribution in [2.24, 2.45) is 0 Å². The van der Waals surface area contributed by atoms with Crippen LogP contribution in [-0.2, 0) is 6.54 Å². The molecule has 0 atom stereocenters. The van der Waals surface area contributed by atoms with Crippen LogP contribution in [0.25, 0.3) is 22.0 Å². The summed E-state index contributed by atoms with van der Waals surface area (Å²) in [5, 5.41) is 12.2. The number of rotatable bonds is 4. The first-order valence-electron chi connectivity index (χ1n) is 8.19. The van der Waals surface area contributed by atoms with Crippen LogP contribution in [-0.4, -0.2) is 20.6 Å². The Bertz CT molecular complexity index is 1200. The second-order valence-corrected chi connectivity index (χ2v) is 7.02. The van der Waals surface area contributed by atoms with Crippen molar-refractivity contribution in [1.82, 2.24) is 4.57 Å². The lowest BCUT2D eigenvalue weighted by Gasteiger charge is -2.14. The van der Waals surface area contributed by atoms with Crippen LogP contribution in [0.4, 0.5) is 10.1 Å². The lowest BCUT2D eigenvalue weighted by Crippen LogP contribution is -2.23. The number of nitro benzene ring substituents is 1. The first-order valence-corrected chi connectivity index (χ1v) is 9.31. The van der Waals surface area contributed by atoms with Crippen LogP contribution in [0.5, 0.6) is 0 Å². The molecule has 0 fully saturated rings. The summed E-state index contributed by atoms with van der Waals surface area (Å²) in [6.45, 7) is 0.329. The maximum absolute atomic E-state index is 13.7. The van der Waals surface area contributed by atoms with Gasteiger partial charge in [0.05, 0.1) is 21.6 Å². The fourth-order valence-electron chi connectivity index (χ4n) is 3.54. The van der Waals surface area contributed by atoms with Crippen LogP contribution in [0, 0.1) is 15.9 Å². The number of fused-ring (bicyclic) bond motifs is 5. The lowest BCUT2D eigenvalue weighted by atomic mass is 10.0. The van der Waals surface area contributed by atoms with Gasteiger partial charge in [-0.3, -0.25) is 19.7 Å². The summed E-state index contributed by atoms with van der Waals surface area (Å²) in [5.41, 5.74) is 0.808. The molecule has 3 aromatic rings. The number of hydrogen-bond acceptors (Lipinski definition) is 4. The van der Waals surface area contributed by atoms with Crippen LogP contribution in [0.1, 0.15) is 22.3 Å². The molecule has 1 aliphatic rings.